The monoisotopic (exact) mass is 179 g/mol. The number of rotatable bonds is 0. The van der Waals surface area contributed by atoms with Crippen molar-refractivity contribution in [2.75, 3.05) is 6.54 Å². The van der Waals surface area contributed by atoms with Crippen LogP contribution in [-0.2, 0) is 0 Å². The Morgan fingerprint density at radius 1 is 1.36 bits per heavy atom. The van der Waals surface area contributed by atoms with E-state index in [0.717, 1.165) is 13.0 Å². The van der Waals surface area contributed by atoms with Gasteiger partial charge in [-0.25, -0.2) is 0 Å². The van der Waals surface area contributed by atoms with E-state index in [0.29, 0.717) is 6.04 Å². The van der Waals surface area contributed by atoms with Gasteiger partial charge in [0, 0.05) is 12.6 Å². The van der Waals surface area contributed by atoms with Gasteiger partial charge in [-0.2, -0.15) is 0 Å². The van der Waals surface area contributed by atoms with Crippen molar-refractivity contribution in [1.82, 2.24) is 5.32 Å². The Morgan fingerprint density at radius 3 is 2.09 bits per heavy atom. The quantitative estimate of drug-likeness (QED) is 0.586. The molecule has 1 aliphatic rings. The fraction of sp³-hybridized carbons (Fsp3) is 1.00. The maximum absolute atomic E-state index is 9.20. The number of aliphatic hydroxyl groups excluding tert-OH is 1. The molecule has 0 radical (unpaired) electrons. The molecule has 2 atom stereocenters. The largest absolute Gasteiger partial charge is 0.392 e. The zero-order valence-corrected chi connectivity index (χ0v) is 8.24. The van der Waals surface area contributed by atoms with E-state index in [9.17, 15) is 5.11 Å². The van der Waals surface area contributed by atoms with Crippen LogP contribution < -0.4 is 5.32 Å². The van der Waals surface area contributed by atoms with Gasteiger partial charge in [-0.05, 0) is 11.8 Å². The molecule has 0 bridgehead atoms. The molecule has 3 heteroatoms. The Morgan fingerprint density at radius 2 is 1.91 bits per heavy atom. The minimum Gasteiger partial charge on any atom is -0.392 e. The third-order valence-electron chi connectivity index (χ3n) is 2.15. The van der Waals surface area contributed by atoms with Crippen molar-refractivity contribution in [2.45, 2.75) is 39.3 Å². The summed E-state index contributed by atoms with van der Waals surface area (Å²) in [7, 11) is 0. The van der Waals surface area contributed by atoms with E-state index in [1.807, 2.05) is 0 Å². The standard InChI is InChI=1S/C8H17NO.ClH/c1-8(2,3)7-4-6(10)5-9-7;/h6-7,9-10H,4-5H2,1-3H3;1H. The van der Waals surface area contributed by atoms with Gasteiger partial charge in [0.2, 0.25) is 0 Å². The van der Waals surface area contributed by atoms with Gasteiger partial charge in [-0.1, -0.05) is 20.8 Å². The molecule has 68 valence electrons. The highest BCUT2D eigenvalue weighted by atomic mass is 35.5. The summed E-state index contributed by atoms with van der Waals surface area (Å²) >= 11 is 0. The molecule has 1 saturated heterocycles. The van der Waals surface area contributed by atoms with Crippen LogP contribution in [0.3, 0.4) is 0 Å². The van der Waals surface area contributed by atoms with Crippen LogP contribution >= 0.6 is 12.4 Å². The van der Waals surface area contributed by atoms with Crippen molar-refractivity contribution in [3.8, 4) is 0 Å². The Labute approximate surface area is 74.8 Å². The van der Waals surface area contributed by atoms with Gasteiger partial charge in [0.1, 0.15) is 0 Å². The number of nitrogens with one attached hydrogen (secondary N) is 1. The van der Waals surface area contributed by atoms with E-state index in [1.54, 1.807) is 0 Å². The lowest BCUT2D eigenvalue weighted by atomic mass is 9.86. The average molecular weight is 180 g/mol. The van der Waals surface area contributed by atoms with Crippen LogP contribution in [0.4, 0.5) is 0 Å². The Hall–Kier alpha value is 0.210. The first-order chi connectivity index (χ1) is 4.50. The van der Waals surface area contributed by atoms with Crippen LogP contribution in [0.5, 0.6) is 0 Å². The van der Waals surface area contributed by atoms with Crippen LogP contribution in [0.25, 0.3) is 0 Å². The fourth-order valence-corrected chi connectivity index (χ4v) is 1.38. The van der Waals surface area contributed by atoms with Gasteiger partial charge in [0.05, 0.1) is 6.10 Å². The summed E-state index contributed by atoms with van der Waals surface area (Å²) in [5.41, 5.74) is 0.289. The highest BCUT2D eigenvalue weighted by Crippen LogP contribution is 2.25. The highest BCUT2D eigenvalue weighted by Gasteiger charge is 2.31. The summed E-state index contributed by atoms with van der Waals surface area (Å²) in [5.74, 6) is 0. The highest BCUT2D eigenvalue weighted by molar-refractivity contribution is 5.85. The summed E-state index contributed by atoms with van der Waals surface area (Å²) in [6, 6.07) is 0.488. The zero-order valence-electron chi connectivity index (χ0n) is 7.42. The lowest BCUT2D eigenvalue weighted by Crippen LogP contribution is -2.34. The molecule has 0 aliphatic carbocycles. The molecule has 1 aliphatic heterocycles. The third-order valence-corrected chi connectivity index (χ3v) is 2.15. The van der Waals surface area contributed by atoms with Crippen LogP contribution in [-0.4, -0.2) is 23.8 Å². The van der Waals surface area contributed by atoms with Crippen LogP contribution in [0.15, 0.2) is 0 Å². The van der Waals surface area contributed by atoms with E-state index in [1.165, 1.54) is 0 Å². The minimum absolute atomic E-state index is 0. The predicted octanol–water partition coefficient (Wildman–Crippen LogP) is 1.18. The Kier molecular flexibility index (Phi) is 3.82. The van der Waals surface area contributed by atoms with E-state index in [4.69, 9.17) is 0 Å². The van der Waals surface area contributed by atoms with Gasteiger partial charge in [-0.3, -0.25) is 0 Å². The molecule has 2 N–H and O–H groups in total. The maximum Gasteiger partial charge on any atom is 0.0679 e. The van der Waals surface area contributed by atoms with Crippen molar-refractivity contribution >= 4 is 12.4 Å². The van der Waals surface area contributed by atoms with E-state index < -0.39 is 0 Å². The zero-order chi connectivity index (χ0) is 7.78. The van der Waals surface area contributed by atoms with Crippen LogP contribution in [0.1, 0.15) is 27.2 Å². The average Bonchev–Trinajstić information content (AvgIpc) is 2.11. The Balaban J connectivity index is 0.000001000. The molecule has 2 nitrogen and oxygen atoms in total. The summed E-state index contributed by atoms with van der Waals surface area (Å²) in [6.07, 6.45) is 0.785. The lowest BCUT2D eigenvalue weighted by Gasteiger charge is -2.26. The van der Waals surface area contributed by atoms with E-state index in [2.05, 4.69) is 26.1 Å². The second-order valence-electron chi connectivity index (χ2n) is 4.22. The van der Waals surface area contributed by atoms with Gasteiger partial charge in [0.25, 0.3) is 0 Å². The predicted molar refractivity (Wildman–Crippen MR) is 49.1 cm³/mol. The normalized spacial score (nSPS) is 31.6. The van der Waals surface area contributed by atoms with E-state index in [-0.39, 0.29) is 23.9 Å². The number of hydrogen-bond donors (Lipinski definition) is 2. The molecule has 1 rings (SSSR count). The summed E-state index contributed by atoms with van der Waals surface area (Å²) in [6.45, 7) is 7.36. The molecule has 0 aromatic rings. The van der Waals surface area contributed by atoms with Crippen LogP contribution in [0.2, 0.25) is 0 Å². The van der Waals surface area contributed by atoms with Gasteiger partial charge < -0.3 is 10.4 Å². The first-order valence-corrected chi connectivity index (χ1v) is 3.91. The van der Waals surface area contributed by atoms with Gasteiger partial charge in [-0.15, -0.1) is 12.4 Å². The lowest BCUT2D eigenvalue weighted by molar-refractivity contribution is 0.182. The fourth-order valence-electron chi connectivity index (χ4n) is 1.38. The van der Waals surface area contributed by atoms with Crippen molar-refractivity contribution in [3.63, 3.8) is 0 Å². The van der Waals surface area contributed by atoms with Crippen LogP contribution in [0, 0.1) is 5.41 Å². The molecule has 0 amide bonds. The SMILES string of the molecule is CC(C)(C)C1CC(O)CN1.Cl. The molecule has 0 saturated carbocycles. The summed E-state index contributed by atoms with van der Waals surface area (Å²) in [5, 5.41) is 12.5. The Bertz CT molecular complexity index is 122. The molecular formula is C8H18ClNO. The molecule has 0 spiro atoms. The number of aliphatic hydroxyl groups is 1. The van der Waals surface area contributed by atoms with Crippen molar-refractivity contribution < 1.29 is 5.11 Å². The summed E-state index contributed by atoms with van der Waals surface area (Å²) in [4.78, 5) is 0. The second-order valence-corrected chi connectivity index (χ2v) is 4.22. The molecule has 0 aromatic heterocycles. The molecule has 2 unspecified atom stereocenters. The number of halogens is 1. The van der Waals surface area contributed by atoms with Crippen molar-refractivity contribution in [3.05, 3.63) is 0 Å². The smallest absolute Gasteiger partial charge is 0.0679 e. The van der Waals surface area contributed by atoms with E-state index >= 15 is 0 Å². The molecule has 1 heterocycles. The van der Waals surface area contributed by atoms with Gasteiger partial charge >= 0.3 is 0 Å². The first-order valence-electron chi connectivity index (χ1n) is 3.91. The minimum atomic E-state index is -0.121. The number of hydrogen-bond acceptors (Lipinski definition) is 2. The second kappa shape index (κ2) is 3.74. The molecule has 0 aromatic carbocycles. The molecular weight excluding hydrogens is 162 g/mol. The van der Waals surface area contributed by atoms with Crippen molar-refractivity contribution in [2.24, 2.45) is 5.41 Å². The topological polar surface area (TPSA) is 32.3 Å². The molecule has 1 fully saturated rings. The third kappa shape index (κ3) is 2.97. The van der Waals surface area contributed by atoms with Gasteiger partial charge in [0.15, 0.2) is 0 Å². The summed E-state index contributed by atoms with van der Waals surface area (Å²) < 4.78 is 0. The number of β-amino-alcohol motifs (C(OH)–C–C–N with tert-alkyl or cyclic N) is 1. The maximum atomic E-state index is 9.20. The molecule has 11 heavy (non-hydrogen) atoms. The first kappa shape index (κ1) is 11.2. The van der Waals surface area contributed by atoms with Crippen molar-refractivity contribution in [1.29, 1.82) is 0 Å².